The molecule has 1 aliphatic heterocycles. The first kappa shape index (κ1) is 17.1. The van der Waals surface area contributed by atoms with Gasteiger partial charge in [-0.25, -0.2) is 0 Å². The molecule has 1 aromatic carbocycles. The highest BCUT2D eigenvalue weighted by Crippen LogP contribution is 2.20. The van der Waals surface area contributed by atoms with Crippen LogP contribution in [0, 0.1) is 0 Å². The molecule has 3 rings (SSSR count). The molecule has 130 valence electrons. The first-order chi connectivity index (χ1) is 11.9. The minimum absolute atomic E-state index is 0.0612. The topological polar surface area (TPSA) is 71.5 Å². The van der Waals surface area contributed by atoms with Gasteiger partial charge in [0.1, 0.15) is 0 Å². The fourth-order valence-electron chi connectivity index (χ4n) is 2.80. The number of aromatic nitrogens is 1. The number of nitrogens with one attached hydrogen (secondary N) is 1. The number of carbonyl (C=O) groups excluding carboxylic acids is 2. The Morgan fingerprint density at radius 3 is 2.72 bits per heavy atom. The lowest BCUT2D eigenvalue weighted by molar-refractivity contribution is -0.0764. The zero-order valence-electron chi connectivity index (χ0n) is 14.4. The fourth-order valence-corrected chi connectivity index (χ4v) is 2.80. The molecule has 6 heteroatoms. The molecular formula is C19H21N3O3. The van der Waals surface area contributed by atoms with E-state index in [2.05, 4.69) is 10.3 Å². The van der Waals surface area contributed by atoms with Gasteiger partial charge in [-0.05, 0) is 44.2 Å². The Hall–Kier alpha value is -2.73. The first-order valence-electron chi connectivity index (χ1n) is 8.19. The van der Waals surface area contributed by atoms with E-state index >= 15 is 0 Å². The molecule has 1 fully saturated rings. The van der Waals surface area contributed by atoms with Crippen LogP contribution in [0.4, 0.5) is 5.69 Å². The van der Waals surface area contributed by atoms with Gasteiger partial charge in [0.25, 0.3) is 11.8 Å². The maximum absolute atomic E-state index is 12.7. The van der Waals surface area contributed by atoms with Crippen molar-refractivity contribution in [2.45, 2.75) is 19.4 Å². The van der Waals surface area contributed by atoms with Crippen molar-refractivity contribution in [1.29, 1.82) is 0 Å². The lowest BCUT2D eigenvalue weighted by Crippen LogP contribution is -2.50. The number of ether oxygens (including phenoxy) is 1. The molecule has 1 aliphatic rings. The number of hydrogen-bond acceptors (Lipinski definition) is 4. The van der Waals surface area contributed by atoms with E-state index in [-0.39, 0.29) is 17.4 Å². The van der Waals surface area contributed by atoms with Crippen LogP contribution in [0.5, 0.6) is 0 Å². The highest BCUT2D eigenvalue weighted by Gasteiger charge is 2.30. The number of nitrogens with zero attached hydrogens (tertiary/aromatic N) is 2. The predicted octanol–water partition coefficient (Wildman–Crippen LogP) is 2.58. The van der Waals surface area contributed by atoms with Crippen LogP contribution < -0.4 is 5.32 Å². The Bertz CT molecular complexity index is 774. The maximum Gasteiger partial charge on any atom is 0.257 e. The summed E-state index contributed by atoms with van der Waals surface area (Å²) in [5.74, 6) is -0.320. The van der Waals surface area contributed by atoms with Gasteiger partial charge < -0.3 is 15.0 Å². The molecule has 0 bridgehead atoms. The van der Waals surface area contributed by atoms with Crippen LogP contribution >= 0.6 is 0 Å². The largest absolute Gasteiger partial charge is 0.372 e. The van der Waals surface area contributed by atoms with Gasteiger partial charge in [0.05, 0.1) is 17.8 Å². The lowest BCUT2D eigenvalue weighted by Gasteiger charge is -2.38. The van der Waals surface area contributed by atoms with Crippen molar-refractivity contribution in [1.82, 2.24) is 9.88 Å². The quantitative estimate of drug-likeness (QED) is 0.933. The Morgan fingerprint density at radius 2 is 2.00 bits per heavy atom. The van der Waals surface area contributed by atoms with E-state index in [4.69, 9.17) is 4.74 Å². The molecule has 0 spiro atoms. The highest BCUT2D eigenvalue weighted by molar-refractivity contribution is 6.04. The van der Waals surface area contributed by atoms with E-state index < -0.39 is 0 Å². The molecule has 0 atom stereocenters. The highest BCUT2D eigenvalue weighted by atomic mass is 16.5. The molecule has 2 aromatic rings. The summed E-state index contributed by atoms with van der Waals surface area (Å²) in [6.07, 6.45) is 3.11. The molecule has 1 N–H and O–H groups in total. The summed E-state index contributed by atoms with van der Waals surface area (Å²) in [5, 5.41) is 2.80. The molecule has 25 heavy (non-hydrogen) atoms. The van der Waals surface area contributed by atoms with Crippen LogP contribution in [0.15, 0.2) is 48.8 Å². The number of benzene rings is 1. The van der Waals surface area contributed by atoms with Gasteiger partial charge in [-0.3, -0.25) is 14.6 Å². The van der Waals surface area contributed by atoms with E-state index in [9.17, 15) is 9.59 Å². The summed E-state index contributed by atoms with van der Waals surface area (Å²) >= 11 is 0. The molecular weight excluding hydrogens is 318 g/mol. The molecule has 1 aromatic heterocycles. The third kappa shape index (κ3) is 4.22. The normalized spacial score (nSPS) is 16.3. The van der Waals surface area contributed by atoms with Crippen molar-refractivity contribution in [3.63, 3.8) is 0 Å². The number of rotatable bonds is 3. The second-order valence-corrected chi connectivity index (χ2v) is 6.61. The standard InChI is InChI=1S/C19H21N3O3/c1-19(2)13-22(9-10-25-19)18(24)14-5-3-7-16(11-14)21-17(23)15-6-4-8-20-12-15/h3-8,11-12H,9-10,13H2,1-2H3,(H,21,23). The van der Waals surface area contributed by atoms with Gasteiger partial charge in [-0.1, -0.05) is 6.07 Å². The van der Waals surface area contributed by atoms with E-state index in [0.717, 1.165) is 0 Å². The van der Waals surface area contributed by atoms with Crippen LogP contribution in [0.1, 0.15) is 34.6 Å². The van der Waals surface area contributed by atoms with E-state index in [1.807, 2.05) is 13.8 Å². The molecule has 0 saturated carbocycles. The molecule has 0 aliphatic carbocycles. The molecule has 0 radical (unpaired) electrons. The van der Waals surface area contributed by atoms with Crippen LogP contribution in [0.3, 0.4) is 0 Å². The van der Waals surface area contributed by atoms with Crippen LogP contribution in [0.2, 0.25) is 0 Å². The Balaban J connectivity index is 1.73. The number of hydrogen-bond donors (Lipinski definition) is 1. The van der Waals surface area contributed by atoms with Crippen molar-refractivity contribution in [2.75, 3.05) is 25.0 Å². The van der Waals surface area contributed by atoms with Crippen LogP contribution in [0.25, 0.3) is 0 Å². The average Bonchev–Trinajstić information content (AvgIpc) is 2.61. The Morgan fingerprint density at radius 1 is 1.20 bits per heavy atom. The summed E-state index contributed by atoms with van der Waals surface area (Å²) in [5.41, 5.74) is 1.24. The van der Waals surface area contributed by atoms with Gasteiger partial charge >= 0.3 is 0 Å². The third-order valence-corrected chi connectivity index (χ3v) is 4.00. The third-order valence-electron chi connectivity index (χ3n) is 4.00. The zero-order valence-corrected chi connectivity index (χ0v) is 14.4. The molecule has 6 nitrogen and oxygen atoms in total. The molecule has 2 amide bonds. The fraction of sp³-hybridized carbons (Fsp3) is 0.316. The summed E-state index contributed by atoms with van der Waals surface area (Å²) < 4.78 is 5.65. The number of anilines is 1. The van der Waals surface area contributed by atoms with E-state index in [1.165, 1.54) is 6.20 Å². The molecule has 2 heterocycles. The minimum Gasteiger partial charge on any atom is -0.372 e. The molecule has 0 unspecified atom stereocenters. The van der Waals surface area contributed by atoms with Crippen LogP contribution in [-0.4, -0.2) is 47.0 Å². The summed E-state index contributed by atoms with van der Waals surface area (Å²) in [6.45, 7) is 5.57. The summed E-state index contributed by atoms with van der Waals surface area (Å²) in [4.78, 5) is 30.7. The van der Waals surface area contributed by atoms with Crippen molar-refractivity contribution in [2.24, 2.45) is 0 Å². The van der Waals surface area contributed by atoms with E-state index in [0.29, 0.717) is 36.5 Å². The number of pyridine rings is 1. The van der Waals surface area contributed by atoms with Crippen molar-refractivity contribution >= 4 is 17.5 Å². The summed E-state index contributed by atoms with van der Waals surface area (Å²) in [7, 11) is 0. The SMILES string of the molecule is CC1(C)CN(C(=O)c2cccc(NC(=O)c3cccnc3)c2)CCO1. The Kier molecular flexibility index (Phi) is 4.81. The van der Waals surface area contributed by atoms with Crippen molar-refractivity contribution in [3.8, 4) is 0 Å². The molecule has 1 saturated heterocycles. The van der Waals surface area contributed by atoms with Gasteiger partial charge in [0, 0.05) is 36.7 Å². The second-order valence-electron chi connectivity index (χ2n) is 6.61. The maximum atomic E-state index is 12.7. The van der Waals surface area contributed by atoms with Gasteiger partial charge in [-0.15, -0.1) is 0 Å². The van der Waals surface area contributed by atoms with Crippen LogP contribution in [-0.2, 0) is 4.74 Å². The minimum atomic E-state index is -0.347. The van der Waals surface area contributed by atoms with Gasteiger partial charge in [-0.2, -0.15) is 0 Å². The first-order valence-corrected chi connectivity index (χ1v) is 8.19. The predicted molar refractivity (Wildman–Crippen MR) is 94.6 cm³/mol. The van der Waals surface area contributed by atoms with Crippen molar-refractivity contribution in [3.05, 3.63) is 59.9 Å². The zero-order chi connectivity index (χ0) is 17.9. The smallest absolute Gasteiger partial charge is 0.257 e. The lowest BCUT2D eigenvalue weighted by atomic mass is 10.1. The van der Waals surface area contributed by atoms with Gasteiger partial charge in [0.15, 0.2) is 0 Å². The second kappa shape index (κ2) is 7.03. The number of amides is 2. The average molecular weight is 339 g/mol. The van der Waals surface area contributed by atoms with E-state index in [1.54, 1.807) is 47.5 Å². The van der Waals surface area contributed by atoms with Crippen molar-refractivity contribution < 1.29 is 14.3 Å². The Labute approximate surface area is 146 Å². The number of morpholine rings is 1. The van der Waals surface area contributed by atoms with Gasteiger partial charge in [0.2, 0.25) is 0 Å². The summed E-state index contributed by atoms with van der Waals surface area (Å²) in [6, 6.07) is 10.4. The monoisotopic (exact) mass is 339 g/mol. The number of carbonyl (C=O) groups is 2.